The van der Waals surface area contributed by atoms with E-state index in [9.17, 15) is 10.1 Å². The molecular weight excluding hydrogens is 158 g/mol. The van der Waals surface area contributed by atoms with Gasteiger partial charge in [0.1, 0.15) is 5.76 Å². The van der Waals surface area contributed by atoms with Crippen molar-refractivity contribution in [2.45, 2.75) is 31.9 Å². The molecule has 12 heavy (non-hydrogen) atoms. The van der Waals surface area contributed by atoms with Gasteiger partial charge >= 0.3 is 6.23 Å². The van der Waals surface area contributed by atoms with E-state index in [2.05, 4.69) is 0 Å². The van der Waals surface area contributed by atoms with Gasteiger partial charge in [-0.3, -0.25) is 10.1 Å². The average molecular weight is 169 g/mol. The Morgan fingerprint density at radius 2 is 2.50 bits per heavy atom. The van der Waals surface area contributed by atoms with Crippen molar-refractivity contribution in [3.05, 3.63) is 21.9 Å². The summed E-state index contributed by atoms with van der Waals surface area (Å²) >= 11 is 0. The Morgan fingerprint density at radius 3 is 3.17 bits per heavy atom. The Labute approximate surface area is 70.4 Å². The lowest BCUT2D eigenvalue weighted by Crippen LogP contribution is -2.16. The Hall–Kier alpha value is -1.06. The van der Waals surface area contributed by atoms with Gasteiger partial charge in [0.15, 0.2) is 0 Å². The van der Waals surface area contributed by atoms with E-state index in [0.29, 0.717) is 12.3 Å². The quantitative estimate of drug-likeness (QED) is 0.443. The smallest absolute Gasteiger partial charge is 0.354 e. The highest BCUT2D eigenvalue weighted by atomic mass is 16.7. The van der Waals surface area contributed by atoms with Crippen LogP contribution in [0.2, 0.25) is 0 Å². The van der Waals surface area contributed by atoms with Crippen molar-refractivity contribution in [3.63, 3.8) is 0 Å². The third kappa shape index (κ3) is 1.17. The van der Waals surface area contributed by atoms with Crippen LogP contribution >= 0.6 is 0 Å². The molecule has 0 spiro atoms. The third-order valence-electron chi connectivity index (χ3n) is 2.50. The maximum Gasteiger partial charge on any atom is 0.354 e. The largest absolute Gasteiger partial charge is 0.434 e. The van der Waals surface area contributed by atoms with E-state index in [-0.39, 0.29) is 4.92 Å². The summed E-state index contributed by atoms with van der Waals surface area (Å²) in [6.45, 7) is 0. The molecule has 1 heterocycles. The fraction of sp³-hybridized carbons (Fsp3) is 0.750. The van der Waals surface area contributed by atoms with Gasteiger partial charge in [-0.25, -0.2) is 0 Å². The lowest BCUT2D eigenvalue weighted by Gasteiger charge is -2.12. The fourth-order valence-electron chi connectivity index (χ4n) is 1.87. The number of nitrogens with zero attached hydrogens (tertiary/aromatic N) is 1. The van der Waals surface area contributed by atoms with Gasteiger partial charge in [0.25, 0.3) is 0 Å². The molecular formula is C8H11NO3. The number of fused-ring (bicyclic) bond motifs is 1. The molecule has 0 saturated carbocycles. The number of nitro groups is 1. The summed E-state index contributed by atoms with van der Waals surface area (Å²) in [6.07, 6.45) is 4.99. The minimum atomic E-state index is -0.778. The molecule has 66 valence electrons. The highest BCUT2D eigenvalue weighted by Gasteiger charge is 2.38. The molecule has 1 saturated heterocycles. The first-order valence-electron chi connectivity index (χ1n) is 4.27. The Kier molecular flexibility index (Phi) is 1.75. The minimum absolute atomic E-state index is 0.328. The van der Waals surface area contributed by atoms with Crippen LogP contribution in [0, 0.1) is 16.0 Å². The molecule has 0 aromatic heterocycles. The number of allylic oxidation sites excluding steroid dienone is 2. The number of hydrogen-bond acceptors (Lipinski definition) is 3. The zero-order valence-corrected chi connectivity index (χ0v) is 6.73. The van der Waals surface area contributed by atoms with Crippen LogP contribution in [0.15, 0.2) is 11.8 Å². The Morgan fingerprint density at radius 1 is 1.67 bits per heavy atom. The molecule has 0 amide bonds. The molecule has 4 nitrogen and oxygen atoms in total. The summed E-state index contributed by atoms with van der Waals surface area (Å²) < 4.78 is 5.19. The second kappa shape index (κ2) is 2.77. The van der Waals surface area contributed by atoms with Crippen molar-refractivity contribution in [3.8, 4) is 0 Å². The van der Waals surface area contributed by atoms with E-state index in [1.807, 2.05) is 6.08 Å². The van der Waals surface area contributed by atoms with Crippen molar-refractivity contribution in [2.24, 2.45) is 5.92 Å². The van der Waals surface area contributed by atoms with Crippen LogP contribution in [-0.4, -0.2) is 11.2 Å². The van der Waals surface area contributed by atoms with Crippen molar-refractivity contribution >= 4 is 0 Å². The summed E-state index contributed by atoms with van der Waals surface area (Å²) in [6, 6.07) is 0. The predicted octanol–water partition coefficient (Wildman–Crippen LogP) is 1.69. The maximum atomic E-state index is 10.4. The van der Waals surface area contributed by atoms with Crippen LogP contribution in [0.5, 0.6) is 0 Å². The van der Waals surface area contributed by atoms with Crippen molar-refractivity contribution in [1.82, 2.24) is 0 Å². The van der Waals surface area contributed by atoms with Gasteiger partial charge in [-0.1, -0.05) is 0 Å². The second-order valence-electron chi connectivity index (χ2n) is 3.33. The fourth-order valence-corrected chi connectivity index (χ4v) is 1.87. The molecule has 0 aromatic carbocycles. The zero-order valence-electron chi connectivity index (χ0n) is 6.73. The van der Waals surface area contributed by atoms with Crippen LogP contribution < -0.4 is 0 Å². The standard InChI is InChI=1S/C8H11NO3/c10-9(11)8-5-6-3-1-2-4-7(6)12-8/h4,6,8H,1-3,5H2. The summed E-state index contributed by atoms with van der Waals surface area (Å²) in [5, 5.41) is 10.4. The number of hydrogen-bond donors (Lipinski definition) is 0. The van der Waals surface area contributed by atoms with Crippen LogP contribution in [-0.2, 0) is 4.74 Å². The molecule has 0 N–H and O–H groups in total. The first-order valence-corrected chi connectivity index (χ1v) is 4.27. The molecule has 2 atom stereocenters. The number of ether oxygens (including phenoxy) is 1. The van der Waals surface area contributed by atoms with E-state index >= 15 is 0 Å². The van der Waals surface area contributed by atoms with E-state index in [1.165, 1.54) is 0 Å². The molecule has 0 aromatic rings. The summed E-state index contributed by atoms with van der Waals surface area (Å²) in [5.74, 6) is 1.19. The highest BCUT2D eigenvalue weighted by Crippen LogP contribution is 2.36. The Bertz CT molecular complexity index is 236. The normalized spacial score (nSPS) is 33.5. The average Bonchev–Trinajstić information content (AvgIpc) is 2.46. The van der Waals surface area contributed by atoms with Crippen LogP contribution in [0.3, 0.4) is 0 Å². The molecule has 4 heteroatoms. The molecule has 0 bridgehead atoms. The lowest BCUT2D eigenvalue weighted by atomic mass is 9.93. The third-order valence-corrected chi connectivity index (χ3v) is 2.50. The second-order valence-corrected chi connectivity index (χ2v) is 3.33. The Balaban J connectivity index is 2.09. The van der Waals surface area contributed by atoms with E-state index in [4.69, 9.17) is 4.74 Å². The summed E-state index contributed by atoms with van der Waals surface area (Å²) in [7, 11) is 0. The lowest BCUT2D eigenvalue weighted by molar-refractivity contribution is -0.566. The molecule has 1 fully saturated rings. The van der Waals surface area contributed by atoms with Gasteiger partial charge < -0.3 is 4.74 Å². The first kappa shape index (κ1) is 7.58. The van der Waals surface area contributed by atoms with Crippen molar-refractivity contribution < 1.29 is 9.66 Å². The van der Waals surface area contributed by atoms with Crippen LogP contribution in [0.4, 0.5) is 0 Å². The van der Waals surface area contributed by atoms with Gasteiger partial charge in [0.05, 0.1) is 11.3 Å². The summed E-state index contributed by atoms with van der Waals surface area (Å²) in [5.41, 5.74) is 0. The monoisotopic (exact) mass is 169 g/mol. The minimum Gasteiger partial charge on any atom is -0.434 e. The van der Waals surface area contributed by atoms with E-state index in [0.717, 1.165) is 25.0 Å². The highest BCUT2D eigenvalue weighted by molar-refractivity contribution is 5.06. The maximum absolute atomic E-state index is 10.4. The number of rotatable bonds is 1. The zero-order chi connectivity index (χ0) is 8.55. The molecule has 1 aliphatic heterocycles. The molecule has 2 aliphatic rings. The topological polar surface area (TPSA) is 52.4 Å². The SMILES string of the molecule is O=[N+]([O-])C1CC2CCCC=C2O1. The summed E-state index contributed by atoms with van der Waals surface area (Å²) in [4.78, 5) is 10.1. The molecule has 0 radical (unpaired) electrons. The van der Waals surface area contributed by atoms with Crippen molar-refractivity contribution in [2.75, 3.05) is 0 Å². The van der Waals surface area contributed by atoms with Crippen molar-refractivity contribution in [1.29, 1.82) is 0 Å². The predicted molar refractivity (Wildman–Crippen MR) is 41.9 cm³/mol. The first-order chi connectivity index (χ1) is 5.77. The van der Waals surface area contributed by atoms with Crippen LogP contribution in [0.25, 0.3) is 0 Å². The molecule has 2 rings (SSSR count). The van der Waals surface area contributed by atoms with Gasteiger partial charge in [-0.05, 0) is 25.3 Å². The van der Waals surface area contributed by atoms with Gasteiger partial charge in [-0.15, -0.1) is 0 Å². The van der Waals surface area contributed by atoms with E-state index < -0.39 is 6.23 Å². The molecule has 2 unspecified atom stereocenters. The molecule has 1 aliphatic carbocycles. The van der Waals surface area contributed by atoms with Gasteiger partial charge in [0, 0.05) is 5.92 Å². The van der Waals surface area contributed by atoms with E-state index in [1.54, 1.807) is 0 Å². The van der Waals surface area contributed by atoms with Crippen LogP contribution in [0.1, 0.15) is 25.7 Å². The van der Waals surface area contributed by atoms with Gasteiger partial charge in [-0.2, -0.15) is 0 Å². The van der Waals surface area contributed by atoms with Gasteiger partial charge in [0.2, 0.25) is 0 Å².